The molecule has 2 heterocycles. The molecule has 0 aromatic carbocycles. The zero-order chi connectivity index (χ0) is 11.4. The SMILES string of the molecule is CCN1CCOC(Cn2cnccc2=O)C1. The molecule has 0 N–H and O–H groups in total. The number of hydrogen-bond donors (Lipinski definition) is 0. The first-order valence-electron chi connectivity index (χ1n) is 5.64. The molecule has 5 nitrogen and oxygen atoms in total. The van der Waals surface area contributed by atoms with Crippen molar-refractivity contribution in [1.82, 2.24) is 14.5 Å². The Kier molecular flexibility index (Phi) is 3.69. The van der Waals surface area contributed by atoms with E-state index in [-0.39, 0.29) is 11.7 Å². The molecule has 0 saturated carbocycles. The van der Waals surface area contributed by atoms with Gasteiger partial charge < -0.3 is 4.74 Å². The Morgan fingerprint density at radius 3 is 3.25 bits per heavy atom. The Hall–Kier alpha value is -1.20. The van der Waals surface area contributed by atoms with Gasteiger partial charge in [-0.25, -0.2) is 4.98 Å². The molecule has 1 aromatic rings. The molecule has 16 heavy (non-hydrogen) atoms. The summed E-state index contributed by atoms with van der Waals surface area (Å²) in [5, 5.41) is 0. The van der Waals surface area contributed by atoms with E-state index in [0.29, 0.717) is 6.54 Å². The van der Waals surface area contributed by atoms with Gasteiger partial charge in [-0.3, -0.25) is 14.3 Å². The van der Waals surface area contributed by atoms with Crippen molar-refractivity contribution in [3.05, 3.63) is 28.9 Å². The lowest BCUT2D eigenvalue weighted by atomic mass is 10.2. The normalized spacial score (nSPS) is 22.2. The molecule has 0 radical (unpaired) electrons. The lowest BCUT2D eigenvalue weighted by molar-refractivity contribution is -0.0348. The third-order valence-corrected chi connectivity index (χ3v) is 2.86. The predicted octanol–water partition coefficient (Wildman–Crippen LogP) is -0.0360. The molecule has 88 valence electrons. The van der Waals surface area contributed by atoms with Gasteiger partial charge in [0.2, 0.25) is 0 Å². The summed E-state index contributed by atoms with van der Waals surface area (Å²) in [5.41, 5.74) is -0.0211. The molecule has 1 unspecified atom stereocenters. The minimum absolute atomic E-state index is 0.0211. The molecule has 0 bridgehead atoms. The first kappa shape index (κ1) is 11.3. The Labute approximate surface area is 94.7 Å². The molecule has 1 fully saturated rings. The van der Waals surface area contributed by atoms with E-state index in [1.807, 2.05) is 0 Å². The fraction of sp³-hybridized carbons (Fsp3) is 0.636. The van der Waals surface area contributed by atoms with Crippen molar-refractivity contribution >= 4 is 0 Å². The van der Waals surface area contributed by atoms with E-state index in [9.17, 15) is 4.79 Å². The van der Waals surface area contributed by atoms with Gasteiger partial charge in [-0.1, -0.05) is 6.92 Å². The second-order valence-corrected chi connectivity index (χ2v) is 3.96. The Morgan fingerprint density at radius 2 is 2.50 bits per heavy atom. The molecule has 5 heteroatoms. The summed E-state index contributed by atoms with van der Waals surface area (Å²) in [6.45, 7) is 6.36. The number of hydrogen-bond acceptors (Lipinski definition) is 4. The van der Waals surface area contributed by atoms with Crippen LogP contribution < -0.4 is 5.56 Å². The fourth-order valence-electron chi connectivity index (χ4n) is 1.91. The minimum Gasteiger partial charge on any atom is -0.374 e. The summed E-state index contributed by atoms with van der Waals surface area (Å²) in [5.74, 6) is 0. The van der Waals surface area contributed by atoms with Gasteiger partial charge >= 0.3 is 0 Å². The van der Waals surface area contributed by atoms with Gasteiger partial charge in [0.25, 0.3) is 5.56 Å². The Balaban J connectivity index is 1.99. The van der Waals surface area contributed by atoms with E-state index < -0.39 is 0 Å². The molecule has 1 aromatic heterocycles. The Bertz CT molecular complexity index is 391. The number of nitrogens with zero attached hydrogens (tertiary/aromatic N) is 3. The number of rotatable bonds is 3. The standard InChI is InChI=1S/C11H17N3O2/c1-2-13-5-6-16-10(7-13)8-14-9-12-4-3-11(14)15/h3-4,9-10H,2,5-8H2,1H3. The zero-order valence-electron chi connectivity index (χ0n) is 9.50. The lowest BCUT2D eigenvalue weighted by Crippen LogP contribution is -2.45. The van der Waals surface area contributed by atoms with Gasteiger partial charge in [0.05, 0.1) is 25.6 Å². The quantitative estimate of drug-likeness (QED) is 0.721. The average Bonchev–Trinajstić information content (AvgIpc) is 2.32. The predicted molar refractivity (Wildman–Crippen MR) is 60.4 cm³/mol. The topological polar surface area (TPSA) is 47.4 Å². The summed E-state index contributed by atoms with van der Waals surface area (Å²) in [4.78, 5) is 17.8. The van der Waals surface area contributed by atoms with Gasteiger partial charge in [0, 0.05) is 25.4 Å². The molecular formula is C11H17N3O2. The molecule has 2 rings (SSSR count). The lowest BCUT2D eigenvalue weighted by Gasteiger charge is -2.32. The molecule has 1 aliphatic rings. The summed E-state index contributed by atoms with van der Waals surface area (Å²) >= 11 is 0. The minimum atomic E-state index is -0.0211. The van der Waals surface area contributed by atoms with Crippen molar-refractivity contribution in [3.63, 3.8) is 0 Å². The first-order valence-corrected chi connectivity index (χ1v) is 5.64. The maximum atomic E-state index is 11.5. The first-order chi connectivity index (χ1) is 7.79. The van der Waals surface area contributed by atoms with E-state index >= 15 is 0 Å². The average molecular weight is 223 g/mol. The number of morpholine rings is 1. The second kappa shape index (κ2) is 5.23. The summed E-state index contributed by atoms with van der Waals surface area (Å²) in [7, 11) is 0. The molecule has 0 amide bonds. The fourth-order valence-corrected chi connectivity index (χ4v) is 1.91. The van der Waals surface area contributed by atoms with Crippen LogP contribution in [-0.4, -0.2) is 46.8 Å². The van der Waals surface area contributed by atoms with Crippen LogP contribution in [0.5, 0.6) is 0 Å². The molecule has 0 spiro atoms. The highest BCUT2D eigenvalue weighted by atomic mass is 16.5. The molecule has 0 aliphatic carbocycles. The highest BCUT2D eigenvalue weighted by Gasteiger charge is 2.19. The molecule has 1 saturated heterocycles. The second-order valence-electron chi connectivity index (χ2n) is 3.96. The molecule has 1 atom stereocenters. The third-order valence-electron chi connectivity index (χ3n) is 2.86. The van der Waals surface area contributed by atoms with Crippen LogP contribution in [0.1, 0.15) is 6.92 Å². The van der Waals surface area contributed by atoms with Crippen molar-refractivity contribution in [2.24, 2.45) is 0 Å². The Morgan fingerprint density at radius 1 is 1.62 bits per heavy atom. The van der Waals surface area contributed by atoms with Crippen LogP contribution >= 0.6 is 0 Å². The van der Waals surface area contributed by atoms with Gasteiger partial charge in [-0.15, -0.1) is 0 Å². The monoisotopic (exact) mass is 223 g/mol. The van der Waals surface area contributed by atoms with E-state index in [0.717, 1.165) is 26.2 Å². The van der Waals surface area contributed by atoms with Crippen LogP contribution in [0.4, 0.5) is 0 Å². The summed E-state index contributed by atoms with van der Waals surface area (Å²) in [6, 6.07) is 1.47. The van der Waals surface area contributed by atoms with Crippen LogP contribution in [-0.2, 0) is 11.3 Å². The number of aromatic nitrogens is 2. The van der Waals surface area contributed by atoms with Crippen LogP contribution in [0.3, 0.4) is 0 Å². The van der Waals surface area contributed by atoms with E-state index in [1.165, 1.54) is 12.3 Å². The highest BCUT2D eigenvalue weighted by Crippen LogP contribution is 2.05. The number of likely N-dealkylation sites (N-methyl/N-ethyl adjacent to an activating group) is 1. The maximum Gasteiger partial charge on any atom is 0.253 e. The van der Waals surface area contributed by atoms with Crippen molar-refractivity contribution in [1.29, 1.82) is 0 Å². The van der Waals surface area contributed by atoms with Gasteiger partial charge in [0.1, 0.15) is 0 Å². The van der Waals surface area contributed by atoms with Crippen molar-refractivity contribution in [2.75, 3.05) is 26.2 Å². The van der Waals surface area contributed by atoms with E-state index in [2.05, 4.69) is 16.8 Å². The molecular weight excluding hydrogens is 206 g/mol. The van der Waals surface area contributed by atoms with Crippen molar-refractivity contribution in [3.8, 4) is 0 Å². The van der Waals surface area contributed by atoms with Crippen LogP contribution in [0, 0.1) is 0 Å². The maximum absolute atomic E-state index is 11.5. The number of ether oxygens (including phenoxy) is 1. The summed E-state index contributed by atoms with van der Waals surface area (Å²) < 4.78 is 7.24. The smallest absolute Gasteiger partial charge is 0.253 e. The van der Waals surface area contributed by atoms with Gasteiger partial charge in [-0.05, 0) is 6.54 Å². The third kappa shape index (κ3) is 2.68. The van der Waals surface area contributed by atoms with E-state index in [4.69, 9.17) is 4.74 Å². The largest absolute Gasteiger partial charge is 0.374 e. The van der Waals surface area contributed by atoms with Crippen LogP contribution in [0.15, 0.2) is 23.4 Å². The van der Waals surface area contributed by atoms with Crippen LogP contribution in [0.25, 0.3) is 0 Å². The summed E-state index contributed by atoms with van der Waals surface area (Å²) in [6.07, 6.45) is 3.17. The van der Waals surface area contributed by atoms with Crippen molar-refractivity contribution in [2.45, 2.75) is 19.6 Å². The van der Waals surface area contributed by atoms with Gasteiger partial charge in [-0.2, -0.15) is 0 Å². The van der Waals surface area contributed by atoms with Gasteiger partial charge in [0.15, 0.2) is 0 Å². The van der Waals surface area contributed by atoms with Crippen molar-refractivity contribution < 1.29 is 4.74 Å². The zero-order valence-corrected chi connectivity index (χ0v) is 9.50. The molecule has 1 aliphatic heterocycles. The van der Waals surface area contributed by atoms with E-state index in [1.54, 1.807) is 10.9 Å². The van der Waals surface area contributed by atoms with Crippen LogP contribution in [0.2, 0.25) is 0 Å². The highest BCUT2D eigenvalue weighted by molar-refractivity contribution is 4.83.